The van der Waals surface area contributed by atoms with E-state index in [2.05, 4.69) is 0 Å². The summed E-state index contributed by atoms with van der Waals surface area (Å²) in [6.07, 6.45) is 1.10. The van der Waals surface area contributed by atoms with E-state index in [1.54, 1.807) is 11.0 Å². The van der Waals surface area contributed by atoms with Gasteiger partial charge >= 0.3 is 0 Å². The van der Waals surface area contributed by atoms with Gasteiger partial charge in [-0.1, -0.05) is 6.07 Å². The van der Waals surface area contributed by atoms with Gasteiger partial charge < -0.3 is 4.90 Å². The number of carbonyl (C=O) groups is 1. The monoisotopic (exact) mass is 227 g/mol. The number of anilines is 1. The lowest BCUT2D eigenvalue weighted by Crippen LogP contribution is -2.28. The van der Waals surface area contributed by atoms with Gasteiger partial charge in [-0.3, -0.25) is 4.79 Å². The molecule has 0 N–H and O–H groups in total. The van der Waals surface area contributed by atoms with Crippen molar-refractivity contribution < 1.29 is 9.18 Å². The van der Waals surface area contributed by atoms with Gasteiger partial charge in [0.25, 0.3) is 0 Å². The zero-order valence-electron chi connectivity index (χ0n) is 8.17. The molecule has 1 aromatic carbocycles. The molecular weight excluding hydrogens is 217 g/mol. The summed E-state index contributed by atoms with van der Waals surface area (Å²) in [4.78, 5) is 13.3. The van der Waals surface area contributed by atoms with E-state index in [4.69, 9.17) is 11.6 Å². The lowest BCUT2D eigenvalue weighted by Gasteiger charge is -2.16. The molecule has 0 saturated carbocycles. The summed E-state index contributed by atoms with van der Waals surface area (Å²) in [5.41, 5.74) is 1.73. The molecule has 0 radical (unpaired) electrons. The second-order valence-electron chi connectivity index (χ2n) is 3.51. The number of benzene rings is 1. The maximum Gasteiger partial charge on any atom is 0.228 e. The van der Waals surface area contributed by atoms with Crippen LogP contribution in [0.4, 0.5) is 10.1 Å². The van der Waals surface area contributed by atoms with Gasteiger partial charge in [0.2, 0.25) is 5.91 Å². The minimum absolute atomic E-state index is 0.0330. The summed E-state index contributed by atoms with van der Waals surface area (Å²) in [7, 11) is 0. The third-order valence-corrected chi connectivity index (χ3v) is 2.74. The van der Waals surface area contributed by atoms with Crippen molar-refractivity contribution in [3.63, 3.8) is 0 Å². The maximum atomic E-state index is 13.0. The molecule has 2 nitrogen and oxygen atoms in total. The molecule has 1 heterocycles. The Bertz CT molecular complexity index is 394. The largest absolute Gasteiger partial charge is 0.312 e. The Hall–Kier alpha value is -1.09. The van der Waals surface area contributed by atoms with Crippen LogP contribution in [0.5, 0.6) is 0 Å². The summed E-state index contributed by atoms with van der Waals surface area (Å²) in [6, 6.07) is 4.57. The van der Waals surface area contributed by atoms with E-state index in [0.717, 1.165) is 12.0 Å². The van der Waals surface area contributed by atoms with Crippen LogP contribution in [0.3, 0.4) is 0 Å². The fourth-order valence-electron chi connectivity index (χ4n) is 1.83. The van der Waals surface area contributed by atoms with E-state index >= 15 is 0 Å². The molecule has 0 bridgehead atoms. The van der Waals surface area contributed by atoms with Crippen molar-refractivity contribution >= 4 is 23.2 Å². The predicted molar refractivity (Wildman–Crippen MR) is 57.8 cm³/mol. The van der Waals surface area contributed by atoms with E-state index in [-0.39, 0.29) is 11.7 Å². The summed E-state index contributed by atoms with van der Waals surface area (Å²) in [6.45, 7) is 0.633. The van der Waals surface area contributed by atoms with E-state index < -0.39 is 0 Å². The highest BCUT2D eigenvalue weighted by atomic mass is 35.5. The third kappa shape index (κ3) is 1.97. The van der Waals surface area contributed by atoms with Crippen LogP contribution in [0, 0.1) is 5.82 Å². The van der Waals surface area contributed by atoms with Crippen LogP contribution in [0.2, 0.25) is 0 Å². The Morgan fingerprint density at radius 2 is 2.33 bits per heavy atom. The van der Waals surface area contributed by atoms with Gasteiger partial charge in [-0.25, -0.2) is 4.39 Å². The molecule has 2 rings (SSSR count). The molecule has 0 aromatic heterocycles. The molecule has 1 aliphatic heterocycles. The van der Waals surface area contributed by atoms with Crippen LogP contribution in [-0.4, -0.2) is 18.3 Å². The maximum absolute atomic E-state index is 13.0. The molecule has 15 heavy (non-hydrogen) atoms. The van der Waals surface area contributed by atoms with Crippen molar-refractivity contribution in [1.82, 2.24) is 0 Å². The van der Waals surface area contributed by atoms with Crippen LogP contribution in [0.15, 0.2) is 18.2 Å². The predicted octanol–water partition coefficient (Wildman–Crippen LogP) is 2.34. The van der Waals surface area contributed by atoms with Gasteiger partial charge in [0.15, 0.2) is 0 Å². The van der Waals surface area contributed by atoms with Gasteiger partial charge in [0.05, 0.1) is 0 Å². The van der Waals surface area contributed by atoms with Crippen molar-refractivity contribution in [1.29, 1.82) is 0 Å². The SMILES string of the molecule is O=C(CCCl)N1CCc2ccc(F)cc21. The lowest BCUT2D eigenvalue weighted by molar-refractivity contribution is -0.118. The Morgan fingerprint density at radius 1 is 1.53 bits per heavy atom. The highest BCUT2D eigenvalue weighted by Gasteiger charge is 2.24. The minimum Gasteiger partial charge on any atom is -0.312 e. The van der Waals surface area contributed by atoms with E-state index in [1.807, 2.05) is 0 Å². The van der Waals surface area contributed by atoms with Gasteiger partial charge in [0, 0.05) is 24.5 Å². The summed E-state index contributed by atoms with van der Waals surface area (Å²) in [5, 5.41) is 0. The Labute approximate surface area is 92.6 Å². The third-order valence-electron chi connectivity index (χ3n) is 2.55. The van der Waals surface area contributed by atoms with Crippen molar-refractivity contribution in [3.8, 4) is 0 Å². The Morgan fingerprint density at radius 3 is 3.07 bits per heavy atom. The number of hydrogen-bond donors (Lipinski definition) is 0. The number of alkyl halides is 1. The number of nitrogens with zero attached hydrogens (tertiary/aromatic N) is 1. The molecule has 0 spiro atoms. The second kappa shape index (κ2) is 4.19. The second-order valence-corrected chi connectivity index (χ2v) is 3.89. The van der Waals surface area contributed by atoms with E-state index in [9.17, 15) is 9.18 Å². The first-order valence-corrected chi connectivity index (χ1v) is 5.40. The van der Waals surface area contributed by atoms with E-state index in [1.165, 1.54) is 12.1 Å². The summed E-state index contributed by atoms with van der Waals surface area (Å²) >= 11 is 5.51. The first kappa shape index (κ1) is 10.4. The van der Waals surface area contributed by atoms with Crippen molar-refractivity contribution in [3.05, 3.63) is 29.6 Å². The van der Waals surface area contributed by atoms with E-state index in [0.29, 0.717) is 24.5 Å². The van der Waals surface area contributed by atoms with Crippen LogP contribution in [0.25, 0.3) is 0 Å². The van der Waals surface area contributed by atoms with Crippen LogP contribution in [0.1, 0.15) is 12.0 Å². The normalized spacial score (nSPS) is 14.1. The molecular formula is C11H11ClFNO. The standard InChI is InChI=1S/C11H11ClFNO/c12-5-3-11(15)14-6-4-8-1-2-9(13)7-10(8)14/h1-2,7H,3-6H2. The fraction of sp³-hybridized carbons (Fsp3) is 0.364. The fourth-order valence-corrected chi connectivity index (χ4v) is 1.99. The molecule has 4 heteroatoms. The number of carbonyl (C=O) groups excluding carboxylic acids is 1. The minimum atomic E-state index is -0.306. The number of rotatable bonds is 2. The molecule has 1 aliphatic rings. The van der Waals surface area contributed by atoms with Crippen LogP contribution >= 0.6 is 11.6 Å². The highest BCUT2D eigenvalue weighted by molar-refractivity contribution is 6.19. The molecule has 1 amide bonds. The quantitative estimate of drug-likeness (QED) is 0.711. The number of hydrogen-bond acceptors (Lipinski definition) is 1. The Kier molecular flexibility index (Phi) is 2.91. The van der Waals surface area contributed by atoms with Crippen LogP contribution in [-0.2, 0) is 11.2 Å². The number of fused-ring (bicyclic) bond motifs is 1. The van der Waals surface area contributed by atoms with Crippen LogP contribution < -0.4 is 4.90 Å². The highest BCUT2D eigenvalue weighted by Crippen LogP contribution is 2.29. The number of amides is 1. The average molecular weight is 228 g/mol. The first-order chi connectivity index (χ1) is 7.22. The van der Waals surface area contributed by atoms with Gasteiger partial charge in [-0.05, 0) is 24.1 Å². The zero-order valence-corrected chi connectivity index (χ0v) is 8.93. The summed E-state index contributed by atoms with van der Waals surface area (Å²) in [5.74, 6) is -0.0337. The van der Waals surface area contributed by atoms with Crippen molar-refractivity contribution in [2.75, 3.05) is 17.3 Å². The van der Waals surface area contributed by atoms with Crippen molar-refractivity contribution in [2.24, 2.45) is 0 Å². The smallest absolute Gasteiger partial charge is 0.228 e. The molecule has 0 fully saturated rings. The number of halogens is 2. The molecule has 0 aliphatic carbocycles. The molecule has 0 saturated heterocycles. The lowest BCUT2D eigenvalue weighted by atomic mass is 10.2. The average Bonchev–Trinajstić information content (AvgIpc) is 2.60. The van der Waals surface area contributed by atoms with Gasteiger partial charge in [0.1, 0.15) is 5.82 Å². The Balaban J connectivity index is 2.27. The molecule has 0 atom stereocenters. The van der Waals surface area contributed by atoms with Crippen molar-refractivity contribution in [2.45, 2.75) is 12.8 Å². The first-order valence-electron chi connectivity index (χ1n) is 4.87. The molecule has 1 aromatic rings. The van der Waals surface area contributed by atoms with Gasteiger partial charge in [-0.2, -0.15) is 0 Å². The zero-order chi connectivity index (χ0) is 10.8. The molecule has 80 valence electrons. The molecule has 0 unspecified atom stereocenters. The topological polar surface area (TPSA) is 20.3 Å². The summed E-state index contributed by atoms with van der Waals surface area (Å²) < 4.78 is 13.0. The van der Waals surface area contributed by atoms with Gasteiger partial charge in [-0.15, -0.1) is 11.6 Å².